The number of rotatable bonds is 4. The molecule has 4 heterocycles. The van der Waals surface area contributed by atoms with Gasteiger partial charge in [0.1, 0.15) is 10.5 Å². The first-order chi connectivity index (χ1) is 12.1. The number of piperidine rings is 1. The van der Waals surface area contributed by atoms with Crippen LogP contribution in [0.15, 0.2) is 18.6 Å². The van der Waals surface area contributed by atoms with Crippen molar-refractivity contribution >= 4 is 17.3 Å². The first-order valence-corrected chi connectivity index (χ1v) is 9.65. The van der Waals surface area contributed by atoms with Crippen LogP contribution in [0.1, 0.15) is 45.6 Å². The highest BCUT2D eigenvalue weighted by atomic mass is 32.1. The van der Waals surface area contributed by atoms with E-state index in [0.717, 1.165) is 56.0 Å². The smallest absolute Gasteiger partial charge is 0.345 e. The summed E-state index contributed by atoms with van der Waals surface area (Å²) in [7, 11) is 0. The molecule has 1 saturated heterocycles. The van der Waals surface area contributed by atoms with Crippen molar-refractivity contribution in [3.05, 3.63) is 39.6 Å². The van der Waals surface area contributed by atoms with Gasteiger partial charge in [0.05, 0.1) is 18.6 Å². The monoisotopic (exact) mass is 361 g/mol. The summed E-state index contributed by atoms with van der Waals surface area (Å²) in [6.45, 7) is 6.49. The van der Waals surface area contributed by atoms with Crippen molar-refractivity contribution in [3.8, 4) is 0 Å². The lowest BCUT2D eigenvalue weighted by Crippen LogP contribution is -2.45. The highest BCUT2D eigenvalue weighted by molar-refractivity contribution is 7.14. The molecule has 0 unspecified atom stereocenters. The van der Waals surface area contributed by atoms with Gasteiger partial charge in [-0.15, -0.1) is 11.3 Å². The van der Waals surface area contributed by atoms with E-state index in [-0.39, 0.29) is 5.60 Å². The van der Waals surface area contributed by atoms with E-state index in [1.807, 2.05) is 12.4 Å². The highest BCUT2D eigenvalue weighted by Gasteiger charge is 2.42. The summed E-state index contributed by atoms with van der Waals surface area (Å²) in [5.41, 5.74) is 1.99. The minimum Gasteiger partial charge on any atom is -0.477 e. The molecule has 6 nitrogen and oxygen atoms in total. The van der Waals surface area contributed by atoms with Crippen molar-refractivity contribution in [2.45, 2.75) is 44.9 Å². The zero-order valence-corrected chi connectivity index (χ0v) is 15.2. The lowest BCUT2D eigenvalue weighted by atomic mass is 9.85. The van der Waals surface area contributed by atoms with Gasteiger partial charge in [0, 0.05) is 37.3 Å². The Morgan fingerprint density at radius 3 is 2.92 bits per heavy atom. The summed E-state index contributed by atoms with van der Waals surface area (Å²) < 4.78 is 8.31. The molecule has 0 bridgehead atoms. The third-order valence-corrected chi connectivity index (χ3v) is 6.64. The van der Waals surface area contributed by atoms with Crippen LogP contribution in [0, 0.1) is 0 Å². The van der Waals surface area contributed by atoms with Gasteiger partial charge in [-0.25, -0.2) is 9.78 Å². The summed E-state index contributed by atoms with van der Waals surface area (Å²) in [6.07, 6.45) is 6.63. The van der Waals surface area contributed by atoms with E-state index in [4.69, 9.17) is 4.74 Å². The quantitative estimate of drug-likeness (QED) is 0.907. The Labute approximate surface area is 151 Å². The molecular formula is C18H23N3O3S. The van der Waals surface area contributed by atoms with E-state index < -0.39 is 5.97 Å². The number of hydrogen-bond donors (Lipinski definition) is 1. The van der Waals surface area contributed by atoms with Crippen LogP contribution in [-0.2, 0) is 29.8 Å². The number of thiophene rings is 1. The van der Waals surface area contributed by atoms with Gasteiger partial charge in [-0.3, -0.25) is 4.90 Å². The summed E-state index contributed by atoms with van der Waals surface area (Å²) >= 11 is 1.40. The van der Waals surface area contributed by atoms with Crippen LogP contribution >= 0.6 is 11.3 Å². The molecule has 2 aliphatic heterocycles. The Bertz CT molecular complexity index is 774. The van der Waals surface area contributed by atoms with Crippen LogP contribution in [0.2, 0.25) is 0 Å². The van der Waals surface area contributed by atoms with Crippen LogP contribution in [-0.4, -0.2) is 45.2 Å². The van der Waals surface area contributed by atoms with Crippen LogP contribution in [0.25, 0.3) is 0 Å². The average Bonchev–Trinajstić information content (AvgIpc) is 3.24. The summed E-state index contributed by atoms with van der Waals surface area (Å²) in [6, 6.07) is 1.84. The number of carbonyl (C=O) groups is 1. The molecule has 7 heteroatoms. The molecule has 1 N–H and O–H groups in total. The fraction of sp³-hybridized carbons (Fsp3) is 0.556. The predicted octanol–water partition coefficient (Wildman–Crippen LogP) is 2.73. The van der Waals surface area contributed by atoms with Crippen molar-refractivity contribution in [2.75, 3.05) is 19.7 Å². The molecule has 2 aromatic rings. The van der Waals surface area contributed by atoms with Crippen molar-refractivity contribution in [1.29, 1.82) is 0 Å². The van der Waals surface area contributed by atoms with Gasteiger partial charge < -0.3 is 14.4 Å². The van der Waals surface area contributed by atoms with E-state index in [2.05, 4.69) is 27.6 Å². The summed E-state index contributed by atoms with van der Waals surface area (Å²) in [5, 5.41) is 9.30. The Hall–Kier alpha value is -1.70. The molecule has 2 aromatic heterocycles. The highest BCUT2D eigenvalue weighted by Crippen LogP contribution is 2.45. The van der Waals surface area contributed by atoms with E-state index in [1.165, 1.54) is 16.9 Å². The molecule has 134 valence electrons. The third kappa shape index (κ3) is 3.12. The van der Waals surface area contributed by atoms with Crippen molar-refractivity contribution < 1.29 is 14.6 Å². The molecule has 0 radical (unpaired) electrons. The lowest BCUT2D eigenvalue weighted by molar-refractivity contribution is -0.0961. The maximum atomic E-state index is 11.3. The molecule has 0 atom stereocenters. The Kier molecular flexibility index (Phi) is 4.39. The Morgan fingerprint density at radius 1 is 1.44 bits per heavy atom. The van der Waals surface area contributed by atoms with Gasteiger partial charge in [-0.2, -0.15) is 0 Å². The van der Waals surface area contributed by atoms with Crippen molar-refractivity contribution in [3.63, 3.8) is 0 Å². The van der Waals surface area contributed by atoms with Crippen molar-refractivity contribution in [1.82, 2.24) is 14.5 Å². The molecule has 1 spiro atoms. The van der Waals surface area contributed by atoms with E-state index in [0.29, 0.717) is 11.5 Å². The van der Waals surface area contributed by atoms with E-state index in [9.17, 15) is 9.90 Å². The molecule has 0 saturated carbocycles. The molecule has 0 amide bonds. The minimum absolute atomic E-state index is 0.286. The number of aryl methyl sites for hydroxylation is 1. The van der Waals surface area contributed by atoms with Gasteiger partial charge in [-0.05, 0) is 37.8 Å². The molecule has 4 rings (SSSR count). The van der Waals surface area contributed by atoms with Crippen LogP contribution in [0.4, 0.5) is 0 Å². The Balaban J connectivity index is 1.47. The molecular weight excluding hydrogens is 338 g/mol. The van der Waals surface area contributed by atoms with Gasteiger partial charge >= 0.3 is 5.97 Å². The van der Waals surface area contributed by atoms with E-state index in [1.54, 1.807) is 0 Å². The molecule has 1 fully saturated rings. The van der Waals surface area contributed by atoms with Gasteiger partial charge in [0.2, 0.25) is 0 Å². The first kappa shape index (κ1) is 16.8. The number of carboxylic acids is 1. The Morgan fingerprint density at radius 2 is 2.24 bits per heavy atom. The fourth-order valence-electron chi connectivity index (χ4n) is 3.86. The zero-order valence-electron chi connectivity index (χ0n) is 14.4. The third-order valence-electron chi connectivity index (χ3n) is 5.28. The number of likely N-dealkylation sites (tertiary alicyclic amines) is 1. The van der Waals surface area contributed by atoms with Crippen molar-refractivity contribution in [2.24, 2.45) is 0 Å². The first-order valence-electron chi connectivity index (χ1n) is 8.83. The normalized spacial score (nSPS) is 19.9. The summed E-state index contributed by atoms with van der Waals surface area (Å²) in [5.74, 6) is -0.835. The lowest BCUT2D eigenvalue weighted by Gasteiger charge is -2.43. The number of carboxylic acid groups (broad SMARTS) is 1. The molecule has 0 aliphatic carbocycles. The second-order valence-electron chi connectivity index (χ2n) is 6.83. The van der Waals surface area contributed by atoms with Gasteiger partial charge in [0.25, 0.3) is 0 Å². The maximum Gasteiger partial charge on any atom is 0.345 e. The maximum absolute atomic E-state index is 11.3. The second kappa shape index (κ2) is 6.55. The SMILES string of the molecule is CCn1cnc(CN2CCC3(CC2)OCCc2cc(C(=O)O)sc23)c1. The zero-order chi connectivity index (χ0) is 17.4. The van der Waals surface area contributed by atoms with Crippen LogP contribution in [0.3, 0.4) is 0 Å². The van der Waals surface area contributed by atoms with Gasteiger partial charge in [0.15, 0.2) is 0 Å². The largest absolute Gasteiger partial charge is 0.477 e. The number of nitrogens with zero attached hydrogens (tertiary/aromatic N) is 3. The minimum atomic E-state index is -0.835. The molecule has 25 heavy (non-hydrogen) atoms. The number of fused-ring (bicyclic) bond motifs is 2. The average molecular weight is 361 g/mol. The number of hydrogen-bond acceptors (Lipinski definition) is 5. The van der Waals surface area contributed by atoms with Gasteiger partial charge in [-0.1, -0.05) is 0 Å². The number of imidazole rings is 1. The predicted molar refractivity (Wildman–Crippen MR) is 95.0 cm³/mol. The number of aromatic carboxylic acids is 1. The van der Waals surface area contributed by atoms with Crippen LogP contribution in [0.5, 0.6) is 0 Å². The van der Waals surface area contributed by atoms with E-state index >= 15 is 0 Å². The van der Waals surface area contributed by atoms with Crippen LogP contribution < -0.4 is 0 Å². The fourth-order valence-corrected chi connectivity index (χ4v) is 5.11. The molecule has 0 aromatic carbocycles. The number of aromatic nitrogens is 2. The molecule has 2 aliphatic rings. The number of ether oxygens (including phenoxy) is 1. The standard InChI is InChI=1S/C18H23N3O3S/c1-2-20-10-14(19-12-20)11-21-6-4-18(5-7-21)16-13(3-8-24-18)9-15(25-16)17(22)23/h9-10,12H,2-8,11H2,1H3,(H,22,23). The summed E-state index contributed by atoms with van der Waals surface area (Å²) in [4.78, 5) is 19.8. The second-order valence-corrected chi connectivity index (χ2v) is 7.89. The topological polar surface area (TPSA) is 67.6 Å².